The summed E-state index contributed by atoms with van der Waals surface area (Å²) in [4.78, 5) is 23.5. The lowest BCUT2D eigenvalue weighted by atomic mass is 10.1. The predicted octanol–water partition coefficient (Wildman–Crippen LogP) is 0.0484. The van der Waals surface area contributed by atoms with Gasteiger partial charge in [0.1, 0.15) is 0 Å². The van der Waals surface area contributed by atoms with Crippen molar-refractivity contribution in [2.24, 2.45) is 7.05 Å². The summed E-state index contributed by atoms with van der Waals surface area (Å²) in [6.45, 7) is 0. The molecule has 0 saturated carbocycles. The fraction of sp³-hybridized carbons (Fsp3) is 0.385. The summed E-state index contributed by atoms with van der Waals surface area (Å²) in [7, 11) is -1.48. The van der Waals surface area contributed by atoms with Crippen LogP contribution in [0.25, 0.3) is 11.1 Å². The van der Waals surface area contributed by atoms with E-state index < -0.39 is 15.6 Å². The number of aromatic nitrogens is 1. The number of sulfone groups is 1. The number of hydrogen-bond acceptors (Lipinski definition) is 5. The van der Waals surface area contributed by atoms with E-state index in [1.807, 2.05) is 0 Å². The number of amides is 1. The van der Waals surface area contributed by atoms with Crippen LogP contribution in [0.1, 0.15) is 16.8 Å². The number of benzene rings is 1. The van der Waals surface area contributed by atoms with E-state index in [0.717, 1.165) is 0 Å². The van der Waals surface area contributed by atoms with Crippen LogP contribution in [-0.2, 0) is 16.9 Å². The third-order valence-electron chi connectivity index (χ3n) is 3.62. The molecule has 1 aromatic heterocycles. The molecule has 8 heteroatoms. The second-order valence-electron chi connectivity index (χ2n) is 5.18. The number of fused-ring (bicyclic) bond motifs is 1. The monoisotopic (exact) mass is 310 g/mol. The van der Waals surface area contributed by atoms with Crippen LogP contribution in [0.3, 0.4) is 0 Å². The molecule has 1 aromatic carbocycles. The number of carbonyl (C=O) groups is 1. The first kappa shape index (κ1) is 13.9. The van der Waals surface area contributed by atoms with Gasteiger partial charge in [-0.1, -0.05) is 0 Å². The standard InChI is InChI=1S/C13H14N2O5S/c1-15-10-6-8(2-3-11(10)20-13(15)17)12(16)14-9-4-5-21(18,19)7-9/h2-3,6,9H,4-5,7H2,1H3,(H,14,16). The summed E-state index contributed by atoms with van der Waals surface area (Å²) >= 11 is 0. The van der Waals surface area contributed by atoms with Gasteiger partial charge in [-0.25, -0.2) is 13.2 Å². The van der Waals surface area contributed by atoms with Crippen molar-refractivity contribution in [2.45, 2.75) is 12.5 Å². The summed E-state index contributed by atoms with van der Waals surface area (Å²) < 4.78 is 29.1. The van der Waals surface area contributed by atoms with E-state index in [2.05, 4.69) is 5.32 Å². The molecule has 1 N–H and O–H groups in total. The normalized spacial score (nSPS) is 20.7. The Morgan fingerprint density at radius 3 is 2.86 bits per heavy atom. The molecule has 0 spiro atoms. The highest BCUT2D eigenvalue weighted by Gasteiger charge is 2.29. The Balaban J connectivity index is 1.85. The largest absolute Gasteiger partial charge is 0.419 e. The smallest absolute Gasteiger partial charge is 0.408 e. The molecule has 21 heavy (non-hydrogen) atoms. The summed E-state index contributed by atoms with van der Waals surface area (Å²) in [6.07, 6.45) is 0.431. The zero-order valence-corrected chi connectivity index (χ0v) is 12.1. The summed E-state index contributed by atoms with van der Waals surface area (Å²) in [6, 6.07) is 4.30. The van der Waals surface area contributed by atoms with Gasteiger partial charge in [-0.05, 0) is 24.6 Å². The Bertz CT molecular complexity index is 878. The number of rotatable bonds is 2. The highest BCUT2D eigenvalue weighted by atomic mass is 32.2. The molecule has 7 nitrogen and oxygen atoms in total. The zero-order valence-electron chi connectivity index (χ0n) is 11.3. The first-order valence-corrected chi connectivity index (χ1v) is 8.29. The third-order valence-corrected chi connectivity index (χ3v) is 5.39. The number of nitrogens with one attached hydrogen (secondary N) is 1. The Hall–Kier alpha value is -2.09. The van der Waals surface area contributed by atoms with Crippen LogP contribution in [0.4, 0.5) is 0 Å². The van der Waals surface area contributed by atoms with Gasteiger partial charge in [0.2, 0.25) is 0 Å². The van der Waals surface area contributed by atoms with Gasteiger partial charge < -0.3 is 9.73 Å². The Morgan fingerprint density at radius 1 is 1.43 bits per heavy atom. The van der Waals surface area contributed by atoms with Gasteiger partial charge in [0.15, 0.2) is 15.4 Å². The lowest BCUT2D eigenvalue weighted by Crippen LogP contribution is -2.35. The second kappa shape index (κ2) is 4.73. The molecule has 1 atom stereocenters. The fourth-order valence-electron chi connectivity index (χ4n) is 2.45. The van der Waals surface area contributed by atoms with Crippen molar-refractivity contribution in [3.05, 3.63) is 34.3 Å². The molecule has 1 amide bonds. The average molecular weight is 310 g/mol. The molecule has 1 fully saturated rings. The molecular weight excluding hydrogens is 296 g/mol. The average Bonchev–Trinajstić information content (AvgIpc) is 2.90. The Kier molecular flexibility index (Phi) is 3.12. The number of aryl methyl sites for hydroxylation is 1. The first-order chi connectivity index (χ1) is 9.85. The molecule has 112 valence electrons. The third kappa shape index (κ3) is 2.58. The van der Waals surface area contributed by atoms with Gasteiger partial charge in [0, 0.05) is 18.7 Å². The fourth-order valence-corrected chi connectivity index (χ4v) is 4.12. The SMILES string of the molecule is Cn1c(=O)oc2ccc(C(=O)NC3CCS(=O)(=O)C3)cc21. The maximum absolute atomic E-state index is 12.1. The lowest BCUT2D eigenvalue weighted by molar-refractivity contribution is 0.0941. The van der Waals surface area contributed by atoms with Crippen molar-refractivity contribution < 1.29 is 17.6 Å². The summed E-state index contributed by atoms with van der Waals surface area (Å²) in [5, 5.41) is 2.71. The number of carbonyl (C=O) groups excluding carboxylic acids is 1. The Morgan fingerprint density at radius 2 is 2.19 bits per heavy atom. The number of nitrogens with zero attached hydrogens (tertiary/aromatic N) is 1. The van der Waals surface area contributed by atoms with Crippen LogP contribution in [-0.4, -0.2) is 36.4 Å². The van der Waals surface area contributed by atoms with E-state index in [-0.39, 0.29) is 23.5 Å². The minimum atomic E-state index is -3.04. The van der Waals surface area contributed by atoms with Crippen LogP contribution in [0.15, 0.2) is 27.4 Å². The van der Waals surface area contributed by atoms with Crippen LogP contribution >= 0.6 is 0 Å². The van der Waals surface area contributed by atoms with E-state index in [4.69, 9.17) is 4.42 Å². The van der Waals surface area contributed by atoms with E-state index in [1.54, 1.807) is 25.2 Å². The molecule has 1 aliphatic rings. The minimum absolute atomic E-state index is 0.0226. The minimum Gasteiger partial charge on any atom is -0.408 e. The maximum atomic E-state index is 12.1. The van der Waals surface area contributed by atoms with Crippen molar-refractivity contribution in [2.75, 3.05) is 11.5 Å². The molecule has 2 heterocycles. The molecule has 0 aliphatic carbocycles. The van der Waals surface area contributed by atoms with Gasteiger partial charge in [0.05, 0.1) is 17.0 Å². The van der Waals surface area contributed by atoms with Crippen LogP contribution in [0.5, 0.6) is 0 Å². The van der Waals surface area contributed by atoms with Crippen LogP contribution in [0, 0.1) is 0 Å². The zero-order chi connectivity index (χ0) is 15.2. The van der Waals surface area contributed by atoms with Crippen molar-refractivity contribution in [1.29, 1.82) is 0 Å². The molecule has 2 aromatic rings. The van der Waals surface area contributed by atoms with E-state index in [9.17, 15) is 18.0 Å². The second-order valence-corrected chi connectivity index (χ2v) is 7.41. The highest BCUT2D eigenvalue weighted by molar-refractivity contribution is 7.91. The number of hydrogen-bond donors (Lipinski definition) is 1. The topological polar surface area (TPSA) is 98.4 Å². The van der Waals surface area contributed by atoms with Crippen molar-refractivity contribution in [3.63, 3.8) is 0 Å². The lowest BCUT2D eigenvalue weighted by Gasteiger charge is -2.10. The van der Waals surface area contributed by atoms with Crippen LogP contribution in [0.2, 0.25) is 0 Å². The molecule has 1 unspecified atom stereocenters. The molecule has 0 radical (unpaired) electrons. The summed E-state index contributed by atoms with van der Waals surface area (Å²) in [5.41, 5.74) is 1.29. The Labute approximate surface area is 120 Å². The number of oxazole rings is 1. The molecule has 1 saturated heterocycles. The van der Waals surface area contributed by atoms with Crippen LogP contribution < -0.4 is 11.1 Å². The van der Waals surface area contributed by atoms with Gasteiger partial charge in [-0.3, -0.25) is 9.36 Å². The molecule has 3 rings (SSSR count). The quantitative estimate of drug-likeness (QED) is 0.845. The molecule has 0 bridgehead atoms. The van der Waals surface area contributed by atoms with E-state index in [0.29, 0.717) is 23.1 Å². The molecular formula is C13H14N2O5S. The van der Waals surface area contributed by atoms with Crippen molar-refractivity contribution in [3.8, 4) is 0 Å². The predicted molar refractivity (Wildman–Crippen MR) is 76.0 cm³/mol. The van der Waals surface area contributed by atoms with Crippen molar-refractivity contribution >= 4 is 26.8 Å². The van der Waals surface area contributed by atoms with E-state index >= 15 is 0 Å². The van der Waals surface area contributed by atoms with Gasteiger partial charge >= 0.3 is 5.76 Å². The highest BCUT2D eigenvalue weighted by Crippen LogP contribution is 2.16. The summed E-state index contributed by atoms with van der Waals surface area (Å²) in [5.74, 6) is -0.768. The van der Waals surface area contributed by atoms with Gasteiger partial charge in [0.25, 0.3) is 5.91 Å². The van der Waals surface area contributed by atoms with Crippen molar-refractivity contribution in [1.82, 2.24) is 9.88 Å². The van der Waals surface area contributed by atoms with E-state index in [1.165, 1.54) is 4.57 Å². The van der Waals surface area contributed by atoms with Gasteiger partial charge in [-0.15, -0.1) is 0 Å². The maximum Gasteiger partial charge on any atom is 0.419 e. The van der Waals surface area contributed by atoms with Gasteiger partial charge in [-0.2, -0.15) is 0 Å². The molecule has 1 aliphatic heterocycles. The first-order valence-electron chi connectivity index (χ1n) is 6.46.